The molecule has 128 valence electrons. The molecule has 0 fully saturated rings. The summed E-state index contributed by atoms with van der Waals surface area (Å²) in [6.45, 7) is 0.473. The van der Waals surface area contributed by atoms with E-state index in [-0.39, 0.29) is 34.2 Å². The third kappa shape index (κ3) is 3.26. The topological polar surface area (TPSA) is 61.8 Å². The fourth-order valence-corrected chi connectivity index (χ4v) is 2.75. The highest BCUT2D eigenvalue weighted by Gasteiger charge is 2.34. The van der Waals surface area contributed by atoms with Crippen molar-refractivity contribution in [1.29, 1.82) is 0 Å². The van der Waals surface area contributed by atoms with Crippen molar-refractivity contribution in [3.8, 4) is 5.75 Å². The quantitative estimate of drug-likeness (QED) is 0.809. The number of Topliss-reactive ketones (excluding diaryl/α,β-unsaturated/α-hetero) is 2. The van der Waals surface area contributed by atoms with Crippen LogP contribution >= 0.6 is 0 Å². The molecular weight excluding hydrogens is 320 g/mol. The van der Waals surface area contributed by atoms with Crippen LogP contribution in [0.15, 0.2) is 60.0 Å². The van der Waals surface area contributed by atoms with Crippen molar-refractivity contribution in [2.75, 3.05) is 20.8 Å². The van der Waals surface area contributed by atoms with E-state index in [9.17, 15) is 9.59 Å². The predicted molar refractivity (Wildman–Crippen MR) is 91.8 cm³/mol. The van der Waals surface area contributed by atoms with E-state index in [0.29, 0.717) is 12.4 Å². The van der Waals surface area contributed by atoms with Crippen LogP contribution in [0.25, 0.3) is 0 Å². The molecule has 0 spiro atoms. The minimum absolute atomic E-state index is 0.0715. The molecule has 1 aliphatic rings. The summed E-state index contributed by atoms with van der Waals surface area (Å²) in [7, 11) is 2.68. The van der Waals surface area contributed by atoms with E-state index >= 15 is 0 Å². The Morgan fingerprint density at radius 2 is 1.44 bits per heavy atom. The molecule has 0 bridgehead atoms. The van der Waals surface area contributed by atoms with Crippen molar-refractivity contribution in [3.05, 3.63) is 76.7 Å². The summed E-state index contributed by atoms with van der Waals surface area (Å²) in [5.74, 6) is -0.376. The third-order valence-electron chi connectivity index (χ3n) is 4.01. The standard InChI is InChI=1S/C20H18O5/c1-23-19-17(21)15-9-8-14(12-16(15)18(22)20(19)24-2)25-11-10-13-6-4-3-5-7-13/h3-9,12H,10-11H2,1-2H3. The van der Waals surface area contributed by atoms with Gasteiger partial charge >= 0.3 is 0 Å². The predicted octanol–water partition coefficient (Wildman–Crippen LogP) is 3.19. The van der Waals surface area contributed by atoms with Gasteiger partial charge in [-0.1, -0.05) is 30.3 Å². The average Bonchev–Trinajstić information content (AvgIpc) is 2.65. The lowest BCUT2D eigenvalue weighted by Crippen LogP contribution is -2.24. The molecule has 5 heteroatoms. The van der Waals surface area contributed by atoms with E-state index in [4.69, 9.17) is 14.2 Å². The first-order valence-electron chi connectivity index (χ1n) is 7.88. The van der Waals surface area contributed by atoms with Gasteiger partial charge in [0.1, 0.15) is 5.75 Å². The van der Waals surface area contributed by atoms with Crippen molar-refractivity contribution in [3.63, 3.8) is 0 Å². The van der Waals surface area contributed by atoms with Crippen LogP contribution in [0, 0.1) is 0 Å². The Balaban J connectivity index is 1.78. The van der Waals surface area contributed by atoms with Gasteiger partial charge in [-0.25, -0.2) is 0 Å². The molecule has 2 aromatic carbocycles. The first kappa shape index (κ1) is 16.8. The number of ketones is 2. The number of benzene rings is 2. The Labute approximate surface area is 145 Å². The van der Waals surface area contributed by atoms with Gasteiger partial charge in [-0.3, -0.25) is 9.59 Å². The molecule has 25 heavy (non-hydrogen) atoms. The Morgan fingerprint density at radius 3 is 2.08 bits per heavy atom. The number of carbonyl (C=O) groups excluding carboxylic acids is 2. The molecule has 0 heterocycles. The molecule has 0 N–H and O–H groups in total. The number of rotatable bonds is 6. The number of carbonyl (C=O) groups is 2. The smallest absolute Gasteiger partial charge is 0.232 e. The van der Waals surface area contributed by atoms with E-state index in [1.807, 2.05) is 30.3 Å². The van der Waals surface area contributed by atoms with E-state index < -0.39 is 0 Å². The van der Waals surface area contributed by atoms with Crippen molar-refractivity contribution < 1.29 is 23.8 Å². The molecule has 2 aromatic rings. The van der Waals surface area contributed by atoms with Crippen LogP contribution in [-0.2, 0) is 15.9 Å². The SMILES string of the molecule is COC1=C(OC)C(=O)c2cc(OCCc3ccccc3)ccc2C1=O. The van der Waals surface area contributed by atoms with E-state index in [1.165, 1.54) is 19.8 Å². The highest BCUT2D eigenvalue weighted by Crippen LogP contribution is 2.29. The van der Waals surface area contributed by atoms with Gasteiger partial charge in [0.05, 0.1) is 20.8 Å². The maximum Gasteiger partial charge on any atom is 0.232 e. The molecule has 0 aliphatic heterocycles. The zero-order chi connectivity index (χ0) is 17.8. The van der Waals surface area contributed by atoms with Crippen LogP contribution in [-0.4, -0.2) is 32.4 Å². The zero-order valence-corrected chi connectivity index (χ0v) is 14.1. The molecule has 0 amide bonds. The summed E-state index contributed by atoms with van der Waals surface area (Å²) in [6.07, 6.45) is 0.752. The lowest BCUT2D eigenvalue weighted by Gasteiger charge is -2.19. The summed E-state index contributed by atoms with van der Waals surface area (Å²) in [5.41, 5.74) is 1.72. The average molecular weight is 338 g/mol. The number of allylic oxidation sites excluding steroid dienone is 2. The van der Waals surface area contributed by atoms with Gasteiger partial charge in [0, 0.05) is 17.5 Å². The zero-order valence-electron chi connectivity index (χ0n) is 14.1. The lowest BCUT2D eigenvalue weighted by molar-refractivity contribution is 0.0829. The van der Waals surface area contributed by atoms with Crippen LogP contribution in [0.4, 0.5) is 0 Å². The van der Waals surface area contributed by atoms with Gasteiger partial charge in [0.25, 0.3) is 0 Å². The van der Waals surface area contributed by atoms with E-state index in [0.717, 1.165) is 6.42 Å². The van der Waals surface area contributed by atoms with Gasteiger partial charge in [-0.2, -0.15) is 0 Å². The van der Waals surface area contributed by atoms with Gasteiger partial charge in [-0.15, -0.1) is 0 Å². The molecule has 0 atom stereocenters. The van der Waals surface area contributed by atoms with Crippen molar-refractivity contribution in [2.24, 2.45) is 0 Å². The molecule has 3 rings (SSSR count). The highest BCUT2D eigenvalue weighted by molar-refractivity contribution is 6.25. The fourth-order valence-electron chi connectivity index (χ4n) is 2.75. The minimum atomic E-state index is -0.387. The Kier molecular flexibility index (Phi) is 4.84. The third-order valence-corrected chi connectivity index (χ3v) is 4.01. The van der Waals surface area contributed by atoms with E-state index in [1.54, 1.807) is 18.2 Å². The summed E-state index contributed by atoms with van der Waals surface area (Å²) >= 11 is 0. The molecule has 5 nitrogen and oxygen atoms in total. The summed E-state index contributed by atoms with van der Waals surface area (Å²) < 4.78 is 15.8. The molecular formula is C20H18O5. The molecule has 0 saturated heterocycles. The second-order valence-electron chi connectivity index (χ2n) is 5.52. The number of hydrogen-bond donors (Lipinski definition) is 0. The normalized spacial score (nSPS) is 13.5. The number of ether oxygens (including phenoxy) is 3. The maximum absolute atomic E-state index is 12.5. The highest BCUT2D eigenvalue weighted by atomic mass is 16.5. The van der Waals surface area contributed by atoms with Gasteiger partial charge in [-0.05, 0) is 23.8 Å². The number of methoxy groups -OCH3 is 2. The van der Waals surface area contributed by atoms with Crippen LogP contribution in [0.3, 0.4) is 0 Å². The van der Waals surface area contributed by atoms with E-state index in [2.05, 4.69) is 0 Å². The first-order chi connectivity index (χ1) is 12.2. The number of fused-ring (bicyclic) bond motifs is 1. The maximum atomic E-state index is 12.5. The van der Waals surface area contributed by atoms with Crippen molar-refractivity contribution >= 4 is 11.6 Å². The van der Waals surface area contributed by atoms with Gasteiger partial charge in [0.15, 0.2) is 0 Å². The molecule has 0 saturated carbocycles. The largest absolute Gasteiger partial charge is 0.493 e. The Morgan fingerprint density at radius 1 is 0.800 bits per heavy atom. The molecule has 0 unspecified atom stereocenters. The van der Waals surface area contributed by atoms with Crippen LogP contribution in [0.1, 0.15) is 26.3 Å². The fraction of sp³-hybridized carbons (Fsp3) is 0.200. The molecule has 0 aromatic heterocycles. The monoisotopic (exact) mass is 338 g/mol. The van der Waals surface area contributed by atoms with Crippen molar-refractivity contribution in [1.82, 2.24) is 0 Å². The Hall–Kier alpha value is -3.08. The van der Waals surface area contributed by atoms with Crippen LogP contribution in [0.5, 0.6) is 5.75 Å². The number of hydrogen-bond acceptors (Lipinski definition) is 5. The summed E-state index contributed by atoms with van der Waals surface area (Å²) in [6, 6.07) is 14.8. The second kappa shape index (κ2) is 7.21. The molecule has 0 radical (unpaired) electrons. The lowest BCUT2D eigenvalue weighted by atomic mass is 9.92. The van der Waals surface area contributed by atoms with Crippen molar-refractivity contribution in [2.45, 2.75) is 6.42 Å². The van der Waals surface area contributed by atoms with Gasteiger partial charge < -0.3 is 14.2 Å². The molecule has 1 aliphatic carbocycles. The Bertz CT molecular complexity index is 836. The first-order valence-corrected chi connectivity index (χ1v) is 7.88. The van der Waals surface area contributed by atoms with Crippen LogP contribution < -0.4 is 4.74 Å². The summed E-state index contributed by atoms with van der Waals surface area (Å²) in [5, 5.41) is 0. The second-order valence-corrected chi connectivity index (χ2v) is 5.52. The summed E-state index contributed by atoms with van der Waals surface area (Å²) in [4.78, 5) is 25.0. The van der Waals surface area contributed by atoms with Gasteiger partial charge in [0.2, 0.25) is 23.1 Å². The van der Waals surface area contributed by atoms with Crippen LogP contribution in [0.2, 0.25) is 0 Å². The minimum Gasteiger partial charge on any atom is -0.493 e.